The first-order chi connectivity index (χ1) is 13.9. The number of aromatic nitrogens is 2. The molecule has 0 bridgehead atoms. The normalized spacial score (nSPS) is 15.7. The molecule has 3 heterocycles. The number of rotatable bonds is 4. The predicted octanol–water partition coefficient (Wildman–Crippen LogP) is 4.38. The molecule has 6 nitrogen and oxygen atoms in total. The molecule has 1 amide bonds. The van der Waals surface area contributed by atoms with Crippen molar-refractivity contribution in [2.24, 2.45) is 0 Å². The van der Waals surface area contributed by atoms with Gasteiger partial charge in [-0.05, 0) is 19.9 Å². The maximum Gasteiger partial charge on any atom is 0.356 e. The van der Waals surface area contributed by atoms with Crippen LogP contribution in [0.3, 0.4) is 0 Å². The summed E-state index contributed by atoms with van der Waals surface area (Å²) < 4.78 is 7.54. The van der Waals surface area contributed by atoms with Crippen molar-refractivity contribution in [2.75, 3.05) is 13.7 Å². The summed E-state index contributed by atoms with van der Waals surface area (Å²) in [7, 11) is 1.65. The summed E-state index contributed by atoms with van der Waals surface area (Å²) >= 11 is 7.91. The number of likely N-dealkylation sites (N-methyl/N-ethyl adjacent to an activating group) is 1. The summed E-state index contributed by atoms with van der Waals surface area (Å²) in [5.74, 6) is -0.579. The molecule has 0 atom stereocenters. The zero-order chi connectivity index (χ0) is 20.7. The van der Waals surface area contributed by atoms with E-state index >= 15 is 0 Å². The number of aryl methyl sites for hydroxylation is 1. The van der Waals surface area contributed by atoms with E-state index in [4.69, 9.17) is 21.9 Å². The van der Waals surface area contributed by atoms with Crippen LogP contribution in [-0.2, 0) is 9.53 Å². The van der Waals surface area contributed by atoms with Gasteiger partial charge in [-0.2, -0.15) is 0 Å². The first-order valence-corrected chi connectivity index (χ1v) is 10.9. The number of carbonyl (C=O) groups excluding carboxylic acids is 2. The van der Waals surface area contributed by atoms with E-state index in [1.807, 2.05) is 37.3 Å². The van der Waals surface area contributed by atoms with Gasteiger partial charge in [0.25, 0.3) is 5.91 Å². The van der Waals surface area contributed by atoms with Crippen molar-refractivity contribution < 1.29 is 14.3 Å². The molecule has 0 radical (unpaired) electrons. The lowest BCUT2D eigenvalue weighted by Crippen LogP contribution is -2.22. The van der Waals surface area contributed by atoms with E-state index in [2.05, 4.69) is 0 Å². The molecule has 1 aliphatic rings. The molecule has 0 aliphatic carbocycles. The number of thioether (sulfide) groups is 1. The van der Waals surface area contributed by atoms with Crippen LogP contribution in [0.2, 0.25) is 0 Å². The van der Waals surface area contributed by atoms with Crippen molar-refractivity contribution in [1.29, 1.82) is 0 Å². The first kappa shape index (κ1) is 19.8. The molecule has 0 spiro atoms. The van der Waals surface area contributed by atoms with Crippen LogP contribution in [-0.4, -0.2) is 44.1 Å². The third-order valence-electron chi connectivity index (χ3n) is 4.45. The van der Waals surface area contributed by atoms with Crippen molar-refractivity contribution in [1.82, 2.24) is 14.3 Å². The lowest BCUT2D eigenvalue weighted by atomic mass is 10.1. The van der Waals surface area contributed by atoms with Gasteiger partial charge < -0.3 is 4.74 Å². The topological polar surface area (TPSA) is 63.9 Å². The van der Waals surface area contributed by atoms with Crippen LogP contribution in [0.5, 0.6) is 0 Å². The minimum absolute atomic E-state index is 0.168. The number of amides is 1. The number of thiocarbonyl (C=S) groups is 1. The van der Waals surface area contributed by atoms with Crippen molar-refractivity contribution >= 4 is 62.6 Å². The maximum atomic E-state index is 12.7. The fraction of sp³-hybridized carbons (Fsp3) is 0.200. The number of benzene rings is 1. The number of carbonyl (C=O) groups is 2. The smallest absolute Gasteiger partial charge is 0.356 e. The standard InChI is InChI=1S/C20H17N3O3S3/c1-4-26-18(25)16-11(2)28-19-21-15(12-8-6-5-7-9-12)13(23(16)19)10-14-17(24)22(3)20(27)29-14/h5-10H,4H2,1-3H3. The summed E-state index contributed by atoms with van der Waals surface area (Å²) in [6.07, 6.45) is 1.76. The van der Waals surface area contributed by atoms with Crippen LogP contribution in [0.15, 0.2) is 35.2 Å². The Bertz CT molecular complexity index is 1180. The number of ether oxygens (including phenoxy) is 1. The fourth-order valence-electron chi connectivity index (χ4n) is 3.08. The van der Waals surface area contributed by atoms with Gasteiger partial charge in [-0.1, -0.05) is 54.3 Å². The minimum atomic E-state index is -0.411. The van der Waals surface area contributed by atoms with Crippen molar-refractivity contribution in [2.45, 2.75) is 13.8 Å². The molecule has 9 heteroatoms. The van der Waals surface area contributed by atoms with Crippen molar-refractivity contribution in [3.05, 3.63) is 51.5 Å². The van der Waals surface area contributed by atoms with Crippen LogP contribution in [0.4, 0.5) is 0 Å². The summed E-state index contributed by atoms with van der Waals surface area (Å²) in [4.78, 5) is 33.4. The molecule has 148 valence electrons. The number of hydrogen-bond donors (Lipinski definition) is 0. The van der Waals surface area contributed by atoms with E-state index in [0.29, 0.717) is 31.3 Å². The summed E-state index contributed by atoms with van der Waals surface area (Å²) in [6, 6.07) is 9.68. The van der Waals surface area contributed by atoms with Crippen LogP contribution in [0.25, 0.3) is 22.3 Å². The lowest BCUT2D eigenvalue weighted by molar-refractivity contribution is -0.121. The molecule has 1 fully saturated rings. The van der Waals surface area contributed by atoms with Gasteiger partial charge in [0.05, 0.1) is 22.9 Å². The Morgan fingerprint density at radius 1 is 1.31 bits per heavy atom. The van der Waals surface area contributed by atoms with Crippen molar-refractivity contribution in [3.8, 4) is 11.3 Å². The second-order valence-electron chi connectivity index (χ2n) is 6.30. The Morgan fingerprint density at radius 2 is 2.03 bits per heavy atom. The Morgan fingerprint density at radius 3 is 2.66 bits per heavy atom. The number of nitrogens with zero attached hydrogens (tertiary/aromatic N) is 3. The quantitative estimate of drug-likeness (QED) is 0.339. The van der Waals surface area contributed by atoms with E-state index in [0.717, 1.165) is 10.4 Å². The zero-order valence-corrected chi connectivity index (χ0v) is 18.4. The molecule has 1 aliphatic heterocycles. The van der Waals surface area contributed by atoms with Gasteiger partial charge in [0.2, 0.25) is 0 Å². The fourth-order valence-corrected chi connectivity index (χ4v) is 5.20. The number of thiazole rings is 1. The highest BCUT2D eigenvalue weighted by Crippen LogP contribution is 2.36. The molecular weight excluding hydrogens is 426 g/mol. The van der Waals surface area contributed by atoms with Crippen LogP contribution in [0.1, 0.15) is 28.0 Å². The monoisotopic (exact) mass is 443 g/mol. The highest BCUT2D eigenvalue weighted by atomic mass is 32.2. The van der Waals surface area contributed by atoms with Crippen LogP contribution >= 0.6 is 35.3 Å². The van der Waals surface area contributed by atoms with Crippen LogP contribution < -0.4 is 0 Å². The molecular formula is C20H17N3O3S3. The summed E-state index contributed by atoms with van der Waals surface area (Å²) in [5, 5.41) is 0. The zero-order valence-electron chi connectivity index (χ0n) is 16.0. The Hall–Kier alpha value is -2.49. The Kier molecular flexibility index (Phi) is 5.28. The summed E-state index contributed by atoms with van der Waals surface area (Å²) in [5.41, 5.74) is 2.69. The van der Waals surface area contributed by atoms with Gasteiger partial charge >= 0.3 is 5.97 Å². The average molecular weight is 444 g/mol. The number of fused-ring (bicyclic) bond motifs is 1. The van der Waals surface area contributed by atoms with Gasteiger partial charge in [-0.15, -0.1) is 11.3 Å². The first-order valence-electron chi connectivity index (χ1n) is 8.88. The largest absolute Gasteiger partial charge is 0.461 e. The summed E-state index contributed by atoms with van der Waals surface area (Å²) in [6.45, 7) is 3.91. The predicted molar refractivity (Wildman–Crippen MR) is 120 cm³/mol. The van der Waals surface area contributed by atoms with Gasteiger partial charge in [0.1, 0.15) is 10.0 Å². The highest BCUT2D eigenvalue weighted by Gasteiger charge is 2.31. The van der Waals surface area contributed by atoms with Crippen LogP contribution in [0, 0.1) is 6.92 Å². The number of hydrogen-bond acceptors (Lipinski definition) is 7. The van der Waals surface area contributed by atoms with E-state index in [1.165, 1.54) is 28.0 Å². The van der Waals surface area contributed by atoms with Crippen molar-refractivity contribution in [3.63, 3.8) is 0 Å². The van der Waals surface area contributed by atoms with Gasteiger partial charge in [-0.3, -0.25) is 14.1 Å². The molecule has 0 unspecified atom stereocenters. The molecule has 0 saturated carbocycles. The second-order valence-corrected chi connectivity index (χ2v) is 9.16. The molecule has 1 saturated heterocycles. The molecule has 2 aromatic heterocycles. The van der Waals surface area contributed by atoms with E-state index in [1.54, 1.807) is 24.4 Å². The molecule has 4 rings (SSSR count). The number of esters is 1. The van der Waals surface area contributed by atoms with E-state index < -0.39 is 5.97 Å². The third kappa shape index (κ3) is 3.39. The third-order valence-corrected chi connectivity index (χ3v) is 6.89. The molecule has 1 aromatic carbocycles. The lowest BCUT2D eigenvalue weighted by Gasteiger charge is -2.06. The molecule has 3 aromatic rings. The van der Waals surface area contributed by atoms with E-state index in [9.17, 15) is 9.59 Å². The minimum Gasteiger partial charge on any atom is -0.461 e. The molecule has 0 N–H and O–H groups in total. The van der Waals surface area contributed by atoms with E-state index in [-0.39, 0.29) is 12.5 Å². The Labute approximate surface area is 181 Å². The highest BCUT2D eigenvalue weighted by molar-refractivity contribution is 8.26. The SMILES string of the molecule is CCOC(=O)c1c(C)sc2nc(-c3ccccc3)c(C=C3SC(=S)N(C)C3=O)n12. The Balaban J connectivity index is 2.00. The number of imidazole rings is 1. The van der Waals surface area contributed by atoms with Gasteiger partial charge in [0.15, 0.2) is 4.96 Å². The second kappa shape index (κ2) is 7.74. The maximum absolute atomic E-state index is 12.7. The average Bonchev–Trinajstić information content (AvgIpc) is 3.29. The van der Waals surface area contributed by atoms with Gasteiger partial charge in [0, 0.05) is 17.5 Å². The molecule has 29 heavy (non-hydrogen) atoms. The van der Waals surface area contributed by atoms with Gasteiger partial charge in [-0.25, -0.2) is 9.78 Å².